The number of benzene rings is 1. The summed E-state index contributed by atoms with van der Waals surface area (Å²) >= 11 is 0. The molecule has 0 radical (unpaired) electrons. The Hall–Kier alpha value is -2.76. The number of ether oxygens (including phenoxy) is 2. The van der Waals surface area contributed by atoms with Crippen LogP contribution in [0, 0.1) is 5.92 Å². The van der Waals surface area contributed by atoms with Crippen molar-refractivity contribution in [3.05, 3.63) is 48.4 Å². The summed E-state index contributed by atoms with van der Waals surface area (Å²) in [5.74, 6) is 1.01. The first-order chi connectivity index (χ1) is 12.7. The minimum atomic E-state index is -0.252. The molecule has 6 nitrogen and oxygen atoms in total. The molecule has 1 aromatic heterocycles. The van der Waals surface area contributed by atoms with Crippen LogP contribution in [0.1, 0.15) is 36.7 Å². The zero-order valence-electron chi connectivity index (χ0n) is 14.8. The molecule has 1 aliphatic heterocycles. The molecule has 0 N–H and O–H groups in total. The summed E-state index contributed by atoms with van der Waals surface area (Å²) in [5.41, 5.74) is 0. The van der Waals surface area contributed by atoms with Gasteiger partial charge in [0.2, 0.25) is 0 Å². The molecule has 0 bridgehead atoms. The highest BCUT2D eigenvalue weighted by Crippen LogP contribution is 2.23. The highest BCUT2D eigenvalue weighted by atomic mass is 16.5. The van der Waals surface area contributed by atoms with Gasteiger partial charge in [-0.3, -0.25) is 9.59 Å². The molecule has 1 aromatic carbocycles. The third-order valence-corrected chi connectivity index (χ3v) is 4.36. The summed E-state index contributed by atoms with van der Waals surface area (Å²) in [7, 11) is 0. The summed E-state index contributed by atoms with van der Waals surface area (Å²) in [6, 6.07) is 10.4. The van der Waals surface area contributed by atoms with Gasteiger partial charge in [-0.2, -0.15) is 0 Å². The van der Waals surface area contributed by atoms with Crippen LogP contribution in [0.15, 0.2) is 47.1 Å². The Kier molecular flexibility index (Phi) is 5.94. The van der Waals surface area contributed by atoms with Gasteiger partial charge >= 0.3 is 5.97 Å². The van der Waals surface area contributed by atoms with Crippen LogP contribution in [0.4, 0.5) is 0 Å². The number of hydrogen-bond donors (Lipinski definition) is 0. The zero-order valence-corrected chi connectivity index (χ0v) is 14.8. The van der Waals surface area contributed by atoms with Gasteiger partial charge in [-0.15, -0.1) is 0 Å². The van der Waals surface area contributed by atoms with Crippen molar-refractivity contribution in [1.29, 1.82) is 0 Å². The van der Waals surface area contributed by atoms with Crippen molar-refractivity contribution in [2.75, 3.05) is 19.7 Å². The number of carbonyl (C=O) groups excluding carboxylic acids is 2. The van der Waals surface area contributed by atoms with E-state index in [1.807, 2.05) is 6.92 Å². The molecule has 0 saturated carbocycles. The molecule has 0 atom stereocenters. The number of esters is 1. The van der Waals surface area contributed by atoms with Crippen LogP contribution in [0.25, 0.3) is 0 Å². The van der Waals surface area contributed by atoms with E-state index in [2.05, 4.69) is 0 Å². The molecule has 2 heterocycles. The Labute approximate surface area is 152 Å². The molecule has 0 spiro atoms. The number of furan rings is 1. The predicted molar refractivity (Wildman–Crippen MR) is 95.2 cm³/mol. The second kappa shape index (κ2) is 8.56. The van der Waals surface area contributed by atoms with E-state index in [1.165, 1.54) is 6.26 Å². The third kappa shape index (κ3) is 4.45. The van der Waals surface area contributed by atoms with Crippen LogP contribution in [0.5, 0.6) is 11.5 Å². The topological polar surface area (TPSA) is 69.0 Å². The van der Waals surface area contributed by atoms with Crippen molar-refractivity contribution >= 4 is 11.9 Å². The molecule has 1 saturated heterocycles. The lowest BCUT2D eigenvalue weighted by Crippen LogP contribution is -2.41. The van der Waals surface area contributed by atoms with E-state index in [1.54, 1.807) is 41.3 Å². The number of hydrogen-bond acceptors (Lipinski definition) is 5. The fourth-order valence-corrected chi connectivity index (χ4v) is 2.90. The minimum absolute atomic E-state index is 0.135. The van der Waals surface area contributed by atoms with Gasteiger partial charge in [-0.1, -0.05) is 6.92 Å². The maximum Gasteiger partial charge on any atom is 0.314 e. The molecule has 26 heavy (non-hydrogen) atoms. The number of carbonyl (C=O) groups is 2. The van der Waals surface area contributed by atoms with Gasteiger partial charge in [0, 0.05) is 13.1 Å². The molecule has 6 heteroatoms. The van der Waals surface area contributed by atoms with E-state index in [0.29, 0.717) is 44.0 Å². The summed E-state index contributed by atoms with van der Waals surface area (Å²) in [5, 5.41) is 0. The third-order valence-electron chi connectivity index (χ3n) is 4.36. The van der Waals surface area contributed by atoms with Gasteiger partial charge in [0.1, 0.15) is 11.5 Å². The van der Waals surface area contributed by atoms with Gasteiger partial charge in [0.05, 0.1) is 18.8 Å². The summed E-state index contributed by atoms with van der Waals surface area (Å²) < 4.78 is 16.1. The number of amides is 1. The van der Waals surface area contributed by atoms with Crippen LogP contribution in [-0.4, -0.2) is 36.5 Å². The van der Waals surface area contributed by atoms with E-state index in [-0.39, 0.29) is 17.8 Å². The quantitative estimate of drug-likeness (QED) is 0.584. The van der Waals surface area contributed by atoms with Gasteiger partial charge in [-0.25, -0.2) is 0 Å². The Morgan fingerprint density at radius 3 is 2.42 bits per heavy atom. The smallest absolute Gasteiger partial charge is 0.314 e. The molecular weight excluding hydrogens is 334 g/mol. The molecule has 2 aromatic rings. The molecule has 0 aliphatic carbocycles. The van der Waals surface area contributed by atoms with E-state index in [4.69, 9.17) is 13.9 Å². The Morgan fingerprint density at radius 2 is 1.81 bits per heavy atom. The lowest BCUT2D eigenvalue weighted by Gasteiger charge is -2.30. The minimum Gasteiger partial charge on any atom is -0.494 e. The average Bonchev–Trinajstić information content (AvgIpc) is 3.22. The van der Waals surface area contributed by atoms with Crippen LogP contribution in [0.3, 0.4) is 0 Å². The fraction of sp³-hybridized carbons (Fsp3) is 0.400. The van der Waals surface area contributed by atoms with Gasteiger partial charge < -0.3 is 18.8 Å². The lowest BCUT2D eigenvalue weighted by atomic mass is 9.97. The average molecular weight is 357 g/mol. The number of piperidine rings is 1. The second-order valence-electron chi connectivity index (χ2n) is 6.28. The van der Waals surface area contributed by atoms with Crippen molar-refractivity contribution in [3.8, 4) is 11.5 Å². The van der Waals surface area contributed by atoms with E-state index in [0.717, 1.165) is 12.2 Å². The van der Waals surface area contributed by atoms with Crippen LogP contribution in [-0.2, 0) is 4.79 Å². The maximum absolute atomic E-state index is 12.4. The van der Waals surface area contributed by atoms with Crippen LogP contribution < -0.4 is 9.47 Å². The fourth-order valence-electron chi connectivity index (χ4n) is 2.90. The lowest BCUT2D eigenvalue weighted by molar-refractivity contribution is -0.140. The van der Waals surface area contributed by atoms with Gasteiger partial charge in [0.25, 0.3) is 5.91 Å². The maximum atomic E-state index is 12.4. The van der Waals surface area contributed by atoms with Crippen LogP contribution >= 0.6 is 0 Å². The largest absolute Gasteiger partial charge is 0.494 e. The first-order valence-corrected chi connectivity index (χ1v) is 8.94. The van der Waals surface area contributed by atoms with Gasteiger partial charge in [0.15, 0.2) is 5.76 Å². The van der Waals surface area contributed by atoms with Crippen molar-refractivity contribution < 1.29 is 23.5 Å². The predicted octanol–water partition coefficient (Wildman–Crippen LogP) is 3.53. The zero-order chi connectivity index (χ0) is 18.4. The SMILES string of the molecule is CCCOc1ccc(OC(=O)C2CCN(C(=O)c3ccco3)CC2)cc1. The second-order valence-corrected chi connectivity index (χ2v) is 6.28. The number of nitrogens with zero attached hydrogens (tertiary/aromatic N) is 1. The summed E-state index contributed by atoms with van der Waals surface area (Å²) in [6.07, 6.45) is 3.60. The Balaban J connectivity index is 1.48. The standard InChI is InChI=1S/C20H23NO5/c1-2-13-24-16-5-7-17(8-6-16)26-20(23)15-9-11-21(12-10-15)19(22)18-4-3-14-25-18/h3-8,14-15H,2,9-13H2,1H3. The van der Waals surface area contributed by atoms with Crippen molar-refractivity contribution in [3.63, 3.8) is 0 Å². The van der Waals surface area contributed by atoms with Crippen molar-refractivity contribution in [1.82, 2.24) is 4.90 Å². The molecular formula is C20H23NO5. The monoisotopic (exact) mass is 357 g/mol. The Morgan fingerprint density at radius 1 is 1.12 bits per heavy atom. The molecule has 1 amide bonds. The number of rotatable bonds is 6. The van der Waals surface area contributed by atoms with Crippen molar-refractivity contribution in [2.24, 2.45) is 5.92 Å². The molecule has 1 aliphatic rings. The first kappa shape index (κ1) is 18.0. The molecule has 1 fully saturated rings. The highest BCUT2D eigenvalue weighted by Gasteiger charge is 2.29. The Bertz CT molecular complexity index is 715. The van der Waals surface area contributed by atoms with Crippen molar-refractivity contribution in [2.45, 2.75) is 26.2 Å². The van der Waals surface area contributed by atoms with Gasteiger partial charge in [-0.05, 0) is 55.7 Å². The summed E-state index contributed by atoms with van der Waals surface area (Å²) in [4.78, 5) is 26.3. The number of likely N-dealkylation sites (tertiary alicyclic amines) is 1. The van der Waals surface area contributed by atoms with E-state index >= 15 is 0 Å². The first-order valence-electron chi connectivity index (χ1n) is 8.94. The van der Waals surface area contributed by atoms with E-state index in [9.17, 15) is 9.59 Å². The van der Waals surface area contributed by atoms with Crippen LogP contribution in [0.2, 0.25) is 0 Å². The normalized spacial score (nSPS) is 14.9. The molecule has 3 rings (SSSR count). The highest BCUT2D eigenvalue weighted by molar-refractivity contribution is 5.91. The molecule has 138 valence electrons. The molecule has 0 unspecified atom stereocenters. The summed E-state index contributed by atoms with van der Waals surface area (Å²) in [6.45, 7) is 3.74. The van der Waals surface area contributed by atoms with E-state index < -0.39 is 0 Å².